The van der Waals surface area contributed by atoms with Crippen molar-refractivity contribution >= 4 is 16.3 Å². The fourth-order valence-corrected chi connectivity index (χ4v) is 6.66. The average molecular weight is 421 g/mol. The van der Waals surface area contributed by atoms with Crippen LogP contribution >= 0.6 is 10.3 Å². The summed E-state index contributed by atoms with van der Waals surface area (Å²) in [6.07, 6.45) is 5.96. The zero-order chi connectivity index (χ0) is 21.2. The molecule has 0 N–H and O–H groups in total. The third-order valence-electron chi connectivity index (χ3n) is 5.15. The second kappa shape index (κ2) is 11.0. The van der Waals surface area contributed by atoms with Crippen molar-refractivity contribution in [3.05, 3.63) is 90.5 Å². The van der Waals surface area contributed by atoms with Crippen LogP contribution in [0, 0.1) is 0 Å². The summed E-state index contributed by atoms with van der Waals surface area (Å²) >= 11 is 0. The quantitative estimate of drug-likeness (QED) is 0.311. The lowest BCUT2D eigenvalue weighted by Gasteiger charge is -2.39. The molecule has 30 heavy (non-hydrogen) atoms. The maximum atomic E-state index is 12.8. The average Bonchev–Trinajstić information content (AvgIpc) is 2.80. The molecule has 3 rings (SSSR count). The van der Waals surface area contributed by atoms with Crippen LogP contribution in [0.3, 0.4) is 0 Å². The second-order valence-electron chi connectivity index (χ2n) is 7.49. The first-order valence-electron chi connectivity index (χ1n) is 11.0. The predicted molar refractivity (Wildman–Crippen MR) is 126 cm³/mol. The minimum atomic E-state index is -2.15. The largest absolute Gasteiger partial charge is 0.402 e. The van der Waals surface area contributed by atoms with Gasteiger partial charge in [0.1, 0.15) is 0 Å². The minimum absolute atomic E-state index is 0.146. The zero-order valence-corrected chi connectivity index (χ0v) is 18.9. The molecule has 0 bridgehead atoms. The molecule has 0 saturated heterocycles. The van der Waals surface area contributed by atoms with Gasteiger partial charge in [0.05, 0.1) is 0 Å². The van der Waals surface area contributed by atoms with Crippen LogP contribution in [0.1, 0.15) is 51.5 Å². The van der Waals surface area contributed by atoms with E-state index in [1.807, 2.05) is 43.3 Å². The van der Waals surface area contributed by atoms with E-state index < -0.39 is 10.3 Å². The highest BCUT2D eigenvalue weighted by molar-refractivity contribution is 8.30. The van der Waals surface area contributed by atoms with Gasteiger partial charge in [-0.2, -0.15) is 0 Å². The van der Waals surface area contributed by atoms with E-state index in [1.165, 1.54) is 24.8 Å². The normalized spacial score (nSPS) is 11.8. The Morgan fingerprint density at radius 3 is 1.73 bits per heavy atom. The highest BCUT2D eigenvalue weighted by Gasteiger charge is 2.35. The molecular weight excluding hydrogens is 388 g/mol. The van der Waals surface area contributed by atoms with Gasteiger partial charge in [0.15, 0.2) is 0 Å². The van der Waals surface area contributed by atoms with Gasteiger partial charge in [0, 0.05) is 21.1 Å². The van der Waals surface area contributed by atoms with Crippen molar-refractivity contribution in [2.75, 3.05) is 0 Å². The van der Waals surface area contributed by atoms with E-state index in [4.69, 9.17) is 4.18 Å². The van der Waals surface area contributed by atoms with Crippen molar-refractivity contribution in [3.8, 4) is 0 Å². The number of hydrogen-bond donors (Lipinski definition) is 0. The van der Waals surface area contributed by atoms with Crippen molar-refractivity contribution in [1.29, 1.82) is 0 Å². The molecule has 0 spiro atoms. The van der Waals surface area contributed by atoms with E-state index in [9.17, 15) is 4.79 Å². The Balaban J connectivity index is 2.11. The molecule has 0 aliphatic heterocycles. The Morgan fingerprint density at radius 1 is 0.700 bits per heavy atom. The number of carbonyl (C=O) groups excluding carboxylic acids is 1. The molecule has 158 valence electrons. The molecule has 0 fully saturated rings. The number of benzene rings is 3. The highest BCUT2D eigenvalue weighted by Crippen LogP contribution is 2.69. The smallest absolute Gasteiger partial charge is 0.317 e. The van der Waals surface area contributed by atoms with Crippen LogP contribution in [0.25, 0.3) is 0 Å². The van der Waals surface area contributed by atoms with E-state index >= 15 is 0 Å². The molecule has 0 aliphatic rings. The number of carbonyl (C=O) groups is 1. The second-order valence-corrected chi connectivity index (χ2v) is 10.2. The topological polar surface area (TPSA) is 26.3 Å². The zero-order valence-electron chi connectivity index (χ0n) is 18.1. The van der Waals surface area contributed by atoms with Crippen molar-refractivity contribution < 1.29 is 8.98 Å². The molecule has 0 heterocycles. The molecule has 0 saturated carbocycles. The Morgan fingerprint density at radius 2 is 1.23 bits per heavy atom. The van der Waals surface area contributed by atoms with E-state index in [0.29, 0.717) is 6.42 Å². The van der Waals surface area contributed by atoms with E-state index in [0.717, 1.165) is 27.5 Å². The Labute approximate surface area is 182 Å². The van der Waals surface area contributed by atoms with Gasteiger partial charge in [-0.05, 0) is 71.5 Å². The standard InChI is InChI=1S/C27H32O2S/c1-3-5-8-14-23-19-21-26(22-20-23)30(29-27(28)13-4-2,24-15-9-6-10-16-24)25-17-11-7-12-18-25/h6-7,9-12,15-22H,3-5,8,13-14H2,1-2H3. The lowest BCUT2D eigenvalue weighted by molar-refractivity contribution is -0.133. The summed E-state index contributed by atoms with van der Waals surface area (Å²) in [5.41, 5.74) is 1.33. The Hall–Kier alpha value is -2.52. The lowest BCUT2D eigenvalue weighted by Crippen LogP contribution is -2.13. The molecule has 0 aliphatic carbocycles. The monoisotopic (exact) mass is 420 g/mol. The maximum Gasteiger partial charge on any atom is 0.317 e. The van der Waals surface area contributed by atoms with Crippen molar-refractivity contribution in [2.24, 2.45) is 0 Å². The number of aryl methyl sites for hydroxylation is 1. The van der Waals surface area contributed by atoms with Crippen LogP contribution in [0.4, 0.5) is 0 Å². The Bertz CT molecular complexity index is 865. The molecule has 0 atom stereocenters. The summed E-state index contributed by atoms with van der Waals surface area (Å²) in [4.78, 5) is 16.0. The molecule has 3 aromatic rings. The van der Waals surface area contributed by atoms with Crippen LogP contribution in [-0.4, -0.2) is 5.97 Å². The molecule has 2 nitrogen and oxygen atoms in total. The molecule has 0 radical (unpaired) electrons. The highest BCUT2D eigenvalue weighted by atomic mass is 32.3. The van der Waals surface area contributed by atoms with Gasteiger partial charge in [0.25, 0.3) is 0 Å². The van der Waals surface area contributed by atoms with E-state index in [-0.39, 0.29) is 5.97 Å². The third kappa shape index (κ3) is 5.14. The van der Waals surface area contributed by atoms with Crippen LogP contribution in [0.5, 0.6) is 0 Å². The summed E-state index contributed by atoms with van der Waals surface area (Å²) in [7, 11) is -2.15. The number of rotatable bonds is 10. The maximum absolute atomic E-state index is 12.8. The van der Waals surface area contributed by atoms with Gasteiger partial charge in [-0.25, -0.2) is 0 Å². The van der Waals surface area contributed by atoms with Gasteiger partial charge in [0.2, 0.25) is 0 Å². The van der Waals surface area contributed by atoms with Gasteiger partial charge in [-0.1, -0.05) is 75.2 Å². The molecule has 0 amide bonds. The summed E-state index contributed by atoms with van der Waals surface area (Å²) < 4.78 is 6.42. The van der Waals surface area contributed by atoms with Crippen LogP contribution in [0.15, 0.2) is 99.6 Å². The summed E-state index contributed by atoms with van der Waals surface area (Å²) in [5.74, 6) is -0.146. The van der Waals surface area contributed by atoms with Gasteiger partial charge < -0.3 is 4.18 Å². The molecule has 3 heteroatoms. The van der Waals surface area contributed by atoms with Crippen molar-refractivity contribution in [2.45, 2.75) is 67.1 Å². The fraction of sp³-hybridized carbons (Fsp3) is 0.296. The first kappa shape index (κ1) is 22.2. The van der Waals surface area contributed by atoms with Crippen LogP contribution < -0.4 is 0 Å². The van der Waals surface area contributed by atoms with Gasteiger partial charge in [-0.3, -0.25) is 4.79 Å². The minimum Gasteiger partial charge on any atom is -0.402 e. The summed E-state index contributed by atoms with van der Waals surface area (Å²) in [6.45, 7) is 4.24. The SMILES string of the molecule is CCCCCc1ccc(S(OC(=O)CCC)(c2ccccc2)c2ccccc2)cc1. The van der Waals surface area contributed by atoms with Crippen LogP contribution in [0.2, 0.25) is 0 Å². The van der Waals surface area contributed by atoms with Gasteiger partial charge in [-0.15, -0.1) is 0 Å². The van der Waals surface area contributed by atoms with Crippen LogP contribution in [-0.2, 0) is 15.4 Å². The molecule has 0 aromatic heterocycles. The number of unbranched alkanes of at least 4 members (excludes halogenated alkanes) is 2. The van der Waals surface area contributed by atoms with Crippen molar-refractivity contribution in [1.82, 2.24) is 0 Å². The molecule has 0 unspecified atom stereocenters. The Kier molecular flexibility index (Phi) is 8.15. The summed E-state index contributed by atoms with van der Waals surface area (Å²) in [5, 5.41) is 0. The predicted octanol–water partition coefficient (Wildman–Crippen LogP) is 7.96. The molecule has 3 aromatic carbocycles. The fourth-order valence-electron chi connectivity index (χ4n) is 3.59. The third-order valence-corrected chi connectivity index (χ3v) is 8.39. The first-order valence-corrected chi connectivity index (χ1v) is 12.5. The number of hydrogen-bond acceptors (Lipinski definition) is 2. The van der Waals surface area contributed by atoms with E-state index in [1.54, 1.807) is 0 Å². The summed E-state index contributed by atoms with van der Waals surface area (Å²) in [6, 6.07) is 29.1. The first-order chi connectivity index (χ1) is 14.7. The lowest BCUT2D eigenvalue weighted by atomic mass is 10.1. The van der Waals surface area contributed by atoms with E-state index in [2.05, 4.69) is 55.5 Å². The molecular formula is C27H32O2S. The van der Waals surface area contributed by atoms with Crippen molar-refractivity contribution in [3.63, 3.8) is 0 Å². The van der Waals surface area contributed by atoms with Gasteiger partial charge >= 0.3 is 5.97 Å².